The normalized spacial score (nSPS) is 16.5. The van der Waals surface area contributed by atoms with Gasteiger partial charge in [0, 0.05) is 57.5 Å². The Morgan fingerprint density at radius 2 is 0.797 bits per heavy atom. The number of nitrogens with zero attached hydrogens (tertiary/aromatic N) is 3. The van der Waals surface area contributed by atoms with Gasteiger partial charge in [-0.15, -0.1) is 0 Å². The third-order valence-electron chi connectivity index (χ3n) is 11.0. The summed E-state index contributed by atoms with van der Waals surface area (Å²) in [6, 6.07) is 17.5. The summed E-state index contributed by atoms with van der Waals surface area (Å²) in [5, 5.41) is 0. The minimum Gasteiger partial charge on any atom is -0.454 e. The van der Waals surface area contributed by atoms with E-state index in [2.05, 4.69) is 0 Å². The Kier molecular flexibility index (Phi) is 17.3. The van der Waals surface area contributed by atoms with Gasteiger partial charge in [-0.05, 0) is 120 Å². The quantitative estimate of drug-likeness (QED) is 0.137. The Morgan fingerprint density at radius 3 is 1.16 bits per heavy atom. The van der Waals surface area contributed by atoms with E-state index >= 15 is 0 Å². The minimum absolute atomic E-state index is 0.0402. The van der Waals surface area contributed by atoms with Gasteiger partial charge in [0.05, 0.1) is 0 Å². The third-order valence-corrected chi connectivity index (χ3v) is 11.0. The molecule has 12 heteroatoms. The molecule has 5 heterocycles. The van der Waals surface area contributed by atoms with E-state index in [-0.39, 0.29) is 38.1 Å². The summed E-state index contributed by atoms with van der Waals surface area (Å²) in [5.74, 6) is 4.90. The molecule has 2 fully saturated rings. The molecule has 2 saturated heterocycles. The van der Waals surface area contributed by atoms with Crippen LogP contribution in [0.4, 0.5) is 0 Å². The van der Waals surface area contributed by atoms with Gasteiger partial charge in [-0.25, -0.2) is 0 Å². The molecule has 8 rings (SSSR count). The largest absolute Gasteiger partial charge is 0.454 e. The first-order valence-corrected chi connectivity index (χ1v) is 22.2. The van der Waals surface area contributed by atoms with E-state index in [4.69, 9.17) is 28.4 Å². The van der Waals surface area contributed by atoms with Crippen LogP contribution in [0, 0.1) is 0 Å². The average Bonchev–Trinajstić information content (AvgIpc) is 4.16. The number of hydrogen-bond acceptors (Lipinski definition) is 9. The Balaban J connectivity index is 0.000000159. The molecule has 0 unspecified atom stereocenters. The lowest BCUT2D eigenvalue weighted by molar-refractivity contribution is -0.127. The fourth-order valence-corrected chi connectivity index (χ4v) is 7.45. The van der Waals surface area contributed by atoms with Crippen molar-refractivity contribution in [2.24, 2.45) is 0 Å². The van der Waals surface area contributed by atoms with Crippen molar-refractivity contribution in [1.29, 1.82) is 0 Å². The maximum Gasteiger partial charge on any atom is 0.246 e. The van der Waals surface area contributed by atoms with Gasteiger partial charge in [0.2, 0.25) is 38.1 Å². The zero-order chi connectivity index (χ0) is 45.3. The fraction of sp³-hybridized carbons (Fsp3) is 0.365. The van der Waals surface area contributed by atoms with Gasteiger partial charge in [-0.1, -0.05) is 71.4 Å². The topological polar surface area (TPSA) is 116 Å². The van der Waals surface area contributed by atoms with Gasteiger partial charge in [0.1, 0.15) is 0 Å². The molecule has 12 nitrogen and oxygen atoms in total. The van der Waals surface area contributed by atoms with Gasteiger partial charge in [0.25, 0.3) is 0 Å². The molecule has 0 aliphatic carbocycles. The number of fused-ring (bicyclic) bond motifs is 3. The summed E-state index contributed by atoms with van der Waals surface area (Å²) >= 11 is 0. The van der Waals surface area contributed by atoms with Crippen LogP contribution in [0.5, 0.6) is 34.5 Å². The lowest BCUT2D eigenvalue weighted by atomic mass is 10.1. The number of rotatable bonds is 11. The molecule has 3 aromatic rings. The number of piperidine rings is 1. The van der Waals surface area contributed by atoms with Crippen LogP contribution in [-0.4, -0.2) is 92.1 Å². The molecule has 64 heavy (non-hydrogen) atoms. The molecule has 0 N–H and O–H groups in total. The van der Waals surface area contributed by atoms with Gasteiger partial charge in [0.15, 0.2) is 34.5 Å². The average molecular weight is 872 g/mol. The van der Waals surface area contributed by atoms with Crippen LogP contribution in [0.1, 0.15) is 83.4 Å². The highest BCUT2D eigenvalue weighted by Crippen LogP contribution is 2.35. The fourth-order valence-electron chi connectivity index (χ4n) is 7.45. The number of carbonyl (C=O) groups is 3. The first kappa shape index (κ1) is 46.8. The summed E-state index contributed by atoms with van der Waals surface area (Å²) in [5.41, 5.74) is 6.17. The van der Waals surface area contributed by atoms with Crippen LogP contribution in [0.25, 0.3) is 18.2 Å². The Labute approximate surface area is 377 Å². The molecule has 0 aromatic heterocycles. The second kappa shape index (κ2) is 23.7. The molecular weight excluding hydrogens is 811 g/mol. The first-order valence-electron chi connectivity index (χ1n) is 22.2. The molecule has 338 valence electrons. The van der Waals surface area contributed by atoms with Crippen molar-refractivity contribution in [3.63, 3.8) is 0 Å². The Hall–Kier alpha value is -6.69. The molecule has 0 atom stereocenters. The zero-order valence-corrected chi connectivity index (χ0v) is 37.8. The van der Waals surface area contributed by atoms with Crippen molar-refractivity contribution in [1.82, 2.24) is 14.7 Å². The molecule has 3 aromatic carbocycles. The summed E-state index contributed by atoms with van der Waals surface area (Å²) in [4.78, 5) is 41.5. The van der Waals surface area contributed by atoms with Crippen molar-refractivity contribution in [2.45, 2.75) is 66.7 Å². The molecule has 0 saturated carbocycles. The van der Waals surface area contributed by atoms with Crippen molar-refractivity contribution in [2.75, 3.05) is 59.6 Å². The van der Waals surface area contributed by atoms with E-state index in [1.165, 1.54) is 6.42 Å². The zero-order valence-electron chi connectivity index (χ0n) is 37.8. The first-order chi connectivity index (χ1) is 31.1. The Morgan fingerprint density at radius 1 is 0.469 bits per heavy atom. The van der Waals surface area contributed by atoms with Crippen molar-refractivity contribution in [3.05, 3.63) is 124 Å². The van der Waals surface area contributed by atoms with E-state index in [0.29, 0.717) is 0 Å². The number of likely N-dealkylation sites (tertiary alicyclic amines) is 2. The molecule has 5 aliphatic heterocycles. The highest BCUT2D eigenvalue weighted by atomic mass is 16.7. The number of benzene rings is 3. The number of amides is 3. The maximum atomic E-state index is 12.1. The van der Waals surface area contributed by atoms with E-state index in [0.717, 1.165) is 133 Å². The molecule has 3 amide bonds. The van der Waals surface area contributed by atoms with E-state index in [1.807, 2.05) is 135 Å². The SMILES string of the molecule is CC(/C=C/C(=O)N1CCCC1)=C\c1ccc2c(c1)OCO2.CC(/C=C/C(=O)N1CCCCC1)=C\c1ccc2c(c1)OCO2.CCN(CC)C(=O)/C=C/C(C)=C/c1ccc2c(c1)OCO2. The van der Waals surface area contributed by atoms with Crippen molar-refractivity contribution >= 4 is 35.9 Å². The number of carbonyl (C=O) groups excluding carboxylic acids is 3. The highest BCUT2D eigenvalue weighted by molar-refractivity contribution is 5.89. The van der Waals surface area contributed by atoms with E-state index in [1.54, 1.807) is 23.1 Å². The van der Waals surface area contributed by atoms with Crippen LogP contribution in [-0.2, 0) is 14.4 Å². The lowest BCUT2D eigenvalue weighted by Crippen LogP contribution is -2.34. The predicted molar refractivity (Wildman–Crippen MR) is 250 cm³/mol. The van der Waals surface area contributed by atoms with Crippen LogP contribution < -0.4 is 28.4 Å². The van der Waals surface area contributed by atoms with Gasteiger partial charge >= 0.3 is 0 Å². The monoisotopic (exact) mass is 871 g/mol. The second-order valence-electron chi connectivity index (χ2n) is 15.9. The summed E-state index contributed by atoms with van der Waals surface area (Å²) in [7, 11) is 0. The maximum absolute atomic E-state index is 12.1. The van der Waals surface area contributed by atoms with Gasteiger partial charge in [-0.3, -0.25) is 14.4 Å². The number of allylic oxidation sites excluding steroid dienone is 6. The van der Waals surface area contributed by atoms with Gasteiger partial charge in [-0.2, -0.15) is 0 Å². The van der Waals surface area contributed by atoms with Crippen LogP contribution in [0.3, 0.4) is 0 Å². The molecule has 0 radical (unpaired) electrons. The standard InChI is InChI=1S/C18H21NO3.C17H19NO3.C17H21NO3/c1-14(5-8-18(20)19-9-3-2-4-10-19)11-15-6-7-16-17(12-15)22-13-21-16;1-13(4-7-17(19)18-8-2-3-9-18)10-14-5-6-15-16(11-14)21-12-20-15;1-4-18(5-2)17(19)9-6-13(3)10-14-7-8-15-16(11-14)21-12-20-15/h5-8,11-12H,2-4,9-10,13H2,1H3;4-7,10-11H,2-3,8-9,12H2,1H3;6-11H,4-5,12H2,1-3H3/b8-5+,14-11+;7-4+,13-10+;9-6+,13-10+. The van der Waals surface area contributed by atoms with Crippen LogP contribution >= 0.6 is 0 Å². The molecule has 0 spiro atoms. The van der Waals surface area contributed by atoms with Crippen molar-refractivity contribution in [3.8, 4) is 34.5 Å². The summed E-state index contributed by atoms with van der Waals surface area (Å²) < 4.78 is 31.9. The second-order valence-corrected chi connectivity index (χ2v) is 15.9. The summed E-state index contributed by atoms with van der Waals surface area (Å²) in [6.45, 7) is 15.7. The summed E-state index contributed by atoms with van der Waals surface area (Å²) in [6.07, 6.45) is 22.3. The minimum atomic E-state index is 0.0402. The van der Waals surface area contributed by atoms with Crippen LogP contribution in [0.2, 0.25) is 0 Å². The molecule has 0 bridgehead atoms. The third kappa shape index (κ3) is 13.9. The highest BCUT2D eigenvalue weighted by Gasteiger charge is 2.17. The molecular formula is C52H61N3O9. The lowest BCUT2D eigenvalue weighted by Gasteiger charge is -2.25. The molecule has 5 aliphatic rings. The smallest absolute Gasteiger partial charge is 0.246 e. The number of hydrogen-bond donors (Lipinski definition) is 0. The van der Waals surface area contributed by atoms with E-state index in [9.17, 15) is 14.4 Å². The number of likely N-dealkylation sites (N-methyl/N-ethyl adjacent to an activating group) is 1. The van der Waals surface area contributed by atoms with Crippen LogP contribution in [0.15, 0.2) is 108 Å². The van der Waals surface area contributed by atoms with Crippen molar-refractivity contribution < 1.29 is 42.8 Å². The predicted octanol–water partition coefficient (Wildman–Crippen LogP) is 9.63. The van der Waals surface area contributed by atoms with E-state index < -0.39 is 0 Å². The van der Waals surface area contributed by atoms with Gasteiger partial charge < -0.3 is 43.1 Å². The number of ether oxygens (including phenoxy) is 6. The Bertz CT molecular complexity index is 2200.